The molecule has 0 unspecified atom stereocenters. The number of anilines is 2. The highest BCUT2D eigenvalue weighted by molar-refractivity contribution is 6.01. The van der Waals surface area contributed by atoms with Crippen molar-refractivity contribution in [2.45, 2.75) is 0 Å². The van der Waals surface area contributed by atoms with Gasteiger partial charge in [-0.15, -0.1) is 0 Å². The van der Waals surface area contributed by atoms with Crippen LogP contribution >= 0.6 is 0 Å². The van der Waals surface area contributed by atoms with E-state index >= 15 is 0 Å². The van der Waals surface area contributed by atoms with Crippen LogP contribution in [0.1, 0.15) is 0 Å². The van der Waals surface area contributed by atoms with Crippen molar-refractivity contribution in [1.82, 2.24) is 0 Å². The largest absolute Gasteiger partial charge is 0.378 e. The van der Waals surface area contributed by atoms with E-state index in [1.54, 1.807) is 0 Å². The van der Waals surface area contributed by atoms with Gasteiger partial charge in [0.15, 0.2) is 0 Å². The minimum Gasteiger partial charge on any atom is -0.378 e. The molecular weight excluding hydrogens is 653 g/mol. The van der Waals surface area contributed by atoms with Crippen LogP contribution in [-0.2, 0) is 0 Å². The van der Waals surface area contributed by atoms with E-state index in [-0.39, 0.29) is 0 Å². The molecule has 0 fully saturated rings. The molecule has 0 saturated heterocycles. The fourth-order valence-electron chi connectivity index (χ4n) is 7.63. The van der Waals surface area contributed by atoms with Crippen LogP contribution in [-0.4, -0.2) is 28.2 Å². The zero-order chi connectivity index (χ0) is 37.0. The Bertz CT molecular complexity index is 2360. The van der Waals surface area contributed by atoms with Crippen LogP contribution in [0.15, 0.2) is 194 Å². The molecule has 0 radical (unpaired) electrons. The Hall–Kier alpha value is -6.64. The second kappa shape index (κ2) is 15.1. The lowest BCUT2D eigenvalue weighted by molar-refractivity contribution is 1.13. The molecule has 262 valence electrons. The molecule has 0 aliphatic heterocycles. The van der Waals surface area contributed by atoms with Crippen LogP contribution in [0, 0.1) is 0 Å². The molecule has 8 aromatic carbocycles. The molecule has 0 atom stereocenters. The number of benzene rings is 8. The second-order valence-electron chi connectivity index (χ2n) is 14.2. The lowest BCUT2D eigenvalue weighted by atomic mass is 9.83. The Morgan fingerprint density at radius 3 is 0.556 bits per heavy atom. The minimum atomic E-state index is 1.19. The first kappa shape index (κ1) is 34.4. The van der Waals surface area contributed by atoms with Crippen molar-refractivity contribution in [3.63, 3.8) is 0 Å². The molecule has 2 nitrogen and oxygen atoms in total. The fourth-order valence-corrected chi connectivity index (χ4v) is 7.63. The first-order chi connectivity index (χ1) is 26.5. The van der Waals surface area contributed by atoms with Crippen LogP contribution < -0.4 is 9.80 Å². The molecule has 2 heteroatoms. The Labute approximate surface area is 320 Å². The molecule has 0 amide bonds. The molecule has 0 aromatic heterocycles. The number of hydrogen-bond acceptors (Lipinski definition) is 2. The molecular formula is C52H44N2. The van der Waals surface area contributed by atoms with E-state index < -0.39 is 0 Å². The molecule has 0 N–H and O–H groups in total. The molecule has 0 aliphatic carbocycles. The zero-order valence-electron chi connectivity index (χ0n) is 31.4. The third kappa shape index (κ3) is 6.71. The second-order valence-corrected chi connectivity index (χ2v) is 14.2. The summed E-state index contributed by atoms with van der Waals surface area (Å²) in [6, 6.07) is 70.7. The van der Waals surface area contributed by atoms with Gasteiger partial charge in [0.1, 0.15) is 0 Å². The smallest absolute Gasteiger partial charge is 0.0361 e. The molecule has 0 bridgehead atoms. The first-order valence-corrected chi connectivity index (χ1v) is 18.6. The summed E-state index contributed by atoms with van der Waals surface area (Å²) in [5.74, 6) is 0. The molecule has 0 spiro atoms. The third-order valence-corrected chi connectivity index (χ3v) is 10.4. The lowest BCUT2D eigenvalue weighted by Crippen LogP contribution is -2.07. The van der Waals surface area contributed by atoms with Gasteiger partial charge in [-0.05, 0) is 102 Å². The summed E-state index contributed by atoms with van der Waals surface area (Å²) in [7, 11) is 8.32. The third-order valence-electron chi connectivity index (χ3n) is 10.4. The minimum absolute atomic E-state index is 1.19. The highest BCUT2D eigenvalue weighted by atomic mass is 15.1. The number of nitrogens with zero attached hydrogens (tertiary/aromatic N) is 2. The van der Waals surface area contributed by atoms with E-state index in [0.717, 1.165) is 0 Å². The summed E-state index contributed by atoms with van der Waals surface area (Å²) in [6.07, 6.45) is 0. The van der Waals surface area contributed by atoms with Gasteiger partial charge in [0.25, 0.3) is 0 Å². The summed E-state index contributed by atoms with van der Waals surface area (Å²) in [6.45, 7) is 0. The fraction of sp³-hybridized carbons (Fsp3) is 0.0769. The van der Waals surface area contributed by atoms with Crippen LogP contribution in [0.25, 0.3) is 77.9 Å². The molecule has 8 aromatic rings. The molecule has 54 heavy (non-hydrogen) atoms. The Balaban J connectivity index is 1.26. The van der Waals surface area contributed by atoms with E-state index in [1.165, 1.54) is 89.3 Å². The van der Waals surface area contributed by atoms with Crippen molar-refractivity contribution in [3.05, 3.63) is 194 Å². The normalized spacial score (nSPS) is 11.0. The van der Waals surface area contributed by atoms with Crippen LogP contribution in [0.3, 0.4) is 0 Å². The Morgan fingerprint density at radius 2 is 0.370 bits per heavy atom. The van der Waals surface area contributed by atoms with Gasteiger partial charge in [0.05, 0.1) is 0 Å². The van der Waals surface area contributed by atoms with E-state index in [1.807, 2.05) is 0 Å². The zero-order valence-corrected chi connectivity index (χ0v) is 31.4. The monoisotopic (exact) mass is 696 g/mol. The maximum Gasteiger partial charge on any atom is 0.0361 e. The topological polar surface area (TPSA) is 6.48 Å². The predicted molar refractivity (Wildman–Crippen MR) is 233 cm³/mol. The number of rotatable bonds is 9. The highest BCUT2D eigenvalue weighted by Crippen LogP contribution is 2.46. The quantitative estimate of drug-likeness (QED) is 0.148. The first-order valence-electron chi connectivity index (χ1n) is 18.6. The summed E-state index contributed by atoms with van der Waals surface area (Å²) >= 11 is 0. The molecule has 8 rings (SSSR count). The van der Waals surface area contributed by atoms with Crippen molar-refractivity contribution in [1.29, 1.82) is 0 Å². The van der Waals surface area contributed by atoms with Crippen molar-refractivity contribution < 1.29 is 0 Å². The van der Waals surface area contributed by atoms with Gasteiger partial charge in [0, 0.05) is 39.6 Å². The molecule has 0 aliphatic rings. The predicted octanol–water partition coefficient (Wildman–Crippen LogP) is 13.5. The van der Waals surface area contributed by atoms with E-state index in [2.05, 4.69) is 232 Å². The summed E-state index contributed by atoms with van der Waals surface area (Å²) in [4.78, 5) is 4.28. The SMILES string of the molecule is CN(C)c1ccc(-c2ccccc2-c2ccccc2-c2ccccc2-c2ccccc2-c2ccccc2-c2ccccc2-c2ccc(N(C)C)cc2)cc1. The van der Waals surface area contributed by atoms with Gasteiger partial charge in [-0.1, -0.05) is 170 Å². The lowest BCUT2D eigenvalue weighted by Gasteiger charge is -2.20. The highest BCUT2D eigenvalue weighted by Gasteiger charge is 2.19. The Kier molecular flexibility index (Phi) is 9.66. The van der Waals surface area contributed by atoms with Gasteiger partial charge in [-0.2, -0.15) is 0 Å². The van der Waals surface area contributed by atoms with Crippen molar-refractivity contribution in [2.24, 2.45) is 0 Å². The molecule has 0 heterocycles. The summed E-state index contributed by atoms with van der Waals surface area (Å²) in [5.41, 5.74) is 19.3. The Morgan fingerprint density at radius 1 is 0.204 bits per heavy atom. The maximum atomic E-state index is 2.28. The van der Waals surface area contributed by atoms with Gasteiger partial charge in [0.2, 0.25) is 0 Å². The standard InChI is InChI=1S/C52H44N2/c1-53(2)39-33-29-37(30-34-39)41-17-5-7-19-43(41)45-21-9-11-23-47(45)49-25-13-15-27-51(49)52-28-16-14-26-50(52)48-24-12-10-22-46(48)44-20-8-6-18-42(44)38-31-35-40(36-32-38)54(3)4/h5-36H,1-4H3. The summed E-state index contributed by atoms with van der Waals surface area (Å²) < 4.78 is 0. The van der Waals surface area contributed by atoms with E-state index in [0.29, 0.717) is 0 Å². The van der Waals surface area contributed by atoms with Crippen LogP contribution in [0.4, 0.5) is 11.4 Å². The van der Waals surface area contributed by atoms with Gasteiger partial charge < -0.3 is 9.80 Å². The number of hydrogen-bond donors (Lipinski definition) is 0. The van der Waals surface area contributed by atoms with Gasteiger partial charge in [-0.3, -0.25) is 0 Å². The van der Waals surface area contributed by atoms with Crippen molar-refractivity contribution in [2.75, 3.05) is 38.0 Å². The van der Waals surface area contributed by atoms with Crippen molar-refractivity contribution >= 4 is 11.4 Å². The van der Waals surface area contributed by atoms with Gasteiger partial charge >= 0.3 is 0 Å². The average Bonchev–Trinajstić information content (AvgIpc) is 3.24. The van der Waals surface area contributed by atoms with Gasteiger partial charge in [-0.25, -0.2) is 0 Å². The average molecular weight is 697 g/mol. The van der Waals surface area contributed by atoms with Crippen LogP contribution in [0.5, 0.6) is 0 Å². The molecule has 0 saturated carbocycles. The van der Waals surface area contributed by atoms with Crippen molar-refractivity contribution in [3.8, 4) is 77.9 Å². The van der Waals surface area contributed by atoms with E-state index in [4.69, 9.17) is 0 Å². The summed E-state index contributed by atoms with van der Waals surface area (Å²) in [5, 5.41) is 0. The van der Waals surface area contributed by atoms with E-state index in [9.17, 15) is 0 Å². The maximum absolute atomic E-state index is 2.28. The van der Waals surface area contributed by atoms with Crippen LogP contribution in [0.2, 0.25) is 0 Å².